The van der Waals surface area contributed by atoms with E-state index in [1.54, 1.807) is 11.3 Å². The van der Waals surface area contributed by atoms with Crippen molar-refractivity contribution in [3.63, 3.8) is 0 Å². The summed E-state index contributed by atoms with van der Waals surface area (Å²) in [7, 11) is 0. The van der Waals surface area contributed by atoms with Gasteiger partial charge in [0.25, 0.3) is 0 Å². The Morgan fingerprint density at radius 3 is 2.08 bits per heavy atom. The number of aromatic nitrogens is 4. The molecule has 0 atom stereocenters. The molecule has 0 aliphatic carbocycles. The van der Waals surface area contributed by atoms with E-state index in [9.17, 15) is 0 Å². The summed E-state index contributed by atoms with van der Waals surface area (Å²) < 4.78 is 8.85. The van der Waals surface area contributed by atoms with Gasteiger partial charge < -0.3 is 4.42 Å². The van der Waals surface area contributed by atoms with Crippen LogP contribution < -0.4 is 0 Å². The second kappa shape index (κ2) is 11.8. The van der Waals surface area contributed by atoms with Gasteiger partial charge in [0.2, 0.25) is 0 Å². The molecule has 0 fully saturated rings. The largest absolute Gasteiger partial charge is 0.456 e. The molecule has 6 aromatic carbocycles. The van der Waals surface area contributed by atoms with E-state index in [1.165, 1.54) is 15.5 Å². The third-order valence-corrected chi connectivity index (χ3v) is 10.7. The summed E-state index contributed by atoms with van der Waals surface area (Å²) in [5, 5.41) is 4.43. The normalized spacial score (nSPS) is 11.6. The molecule has 51 heavy (non-hydrogen) atoms. The molecule has 240 valence electrons. The molecule has 0 saturated heterocycles. The Hall–Kier alpha value is -6.50. The fourth-order valence-electron chi connectivity index (χ4n) is 7.01. The van der Waals surface area contributed by atoms with Gasteiger partial charge in [0.05, 0.1) is 5.69 Å². The van der Waals surface area contributed by atoms with Gasteiger partial charge in [0.15, 0.2) is 17.5 Å². The van der Waals surface area contributed by atoms with Crippen LogP contribution in [0, 0.1) is 6.92 Å². The summed E-state index contributed by atoms with van der Waals surface area (Å²) in [6, 6.07) is 50.3. The fourth-order valence-corrected chi connectivity index (χ4v) is 8.22. The molecule has 0 aliphatic rings. The molecule has 0 aliphatic heterocycles. The molecule has 10 aromatic rings. The van der Waals surface area contributed by atoms with Crippen molar-refractivity contribution in [2.24, 2.45) is 0 Å². The number of hydrogen-bond donors (Lipinski definition) is 0. The average Bonchev–Trinajstić information content (AvgIpc) is 3.76. The number of aryl methyl sites for hydroxylation is 1. The zero-order valence-corrected chi connectivity index (χ0v) is 28.4. The minimum atomic E-state index is 0.605. The van der Waals surface area contributed by atoms with Gasteiger partial charge in [-0.15, -0.1) is 11.3 Å². The molecule has 0 saturated carbocycles. The predicted molar refractivity (Wildman–Crippen MR) is 210 cm³/mol. The Kier molecular flexibility index (Phi) is 6.82. The number of hydrogen-bond acceptors (Lipinski definition) is 6. The second-order valence-electron chi connectivity index (χ2n) is 12.7. The standard InChI is InChI=1S/C45H28N4OS/c1-27-9-6-10-31(25-27)43-47-44(49-45(48-43)35-14-7-12-33-32-11-2-3-17-40(32)51-42(33)35)34-13-8-16-39-41(34)36-26-30(22-23-38(36)50-39)28-18-20-29(21-19-28)37-15-4-5-24-46-37/h2-26H,1H3. The van der Waals surface area contributed by atoms with E-state index in [-0.39, 0.29) is 0 Å². The molecule has 6 heteroatoms. The van der Waals surface area contributed by atoms with Crippen LogP contribution in [0.1, 0.15) is 5.56 Å². The molecule has 0 amide bonds. The van der Waals surface area contributed by atoms with E-state index >= 15 is 0 Å². The molecule has 0 unspecified atom stereocenters. The van der Waals surface area contributed by atoms with Crippen molar-refractivity contribution in [2.45, 2.75) is 6.92 Å². The maximum Gasteiger partial charge on any atom is 0.165 e. The third-order valence-electron chi connectivity index (χ3n) is 9.47. The molecule has 0 N–H and O–H groups in total. The number of pyridine rings is 1. The highest BCUT2D eigenvalue weighted by Crippen LogP contribution is 2.41. The van der Waals surface area contributed by atoms with Crippen LogP contribution in [0.4, 0.5) is 0 Å². The zero-order chi connectivity index (χ0) is 33.9. The van der Waals surface area contributed by atoms with Crippen molar-refractivity contribution in [3.8, 4) is 56.5 Å². The van der Waals surface area contributed by atoms with E-state index in [0.717, 1.165) is 71.3 Å². The van der Waals surface area contributed by atoms with Crippen LogP contribution >= 0.6 is 11.3 Å². The summed E-state index contributed by atoms with van der Waals surface area (Å²) in [5.41, 5.74) is 9.83. The minimum absolute atomic E-state index is 0.605. The fraction of sp³-hybridized carbons (Fsp3) is 0.0222. The zero-order valence-electron chi connectivity index (χ0n) is 27.5. The Morgan fingerprint density at radius 2 is 1.22 bits per heavy atom. The quantitative estimate of drug-likeness (QED) is 0.182. The van der Waals surface area contributed by atoms with Gasteiger partial charge in [0.1, 0.15) is 11.2 Å². The van der Waals surface area contributed by atoms with Gasteiger partial charge in [-0.3, -0.25) is 4.98 Å². The molecule has 10 rings (SSSR count). The maximum absolute atomic E-state index is 6.44. The van der Waals surface area contributed by atoms with Crippen LogP contribution in [0.25, 0.3) is 98.7 Å². The smallest absolute Gasteiger partial charge is 0.165 e. The summed E-state index contributed by atoms with van der Waals surface area (Å²) in [4.78, 5) is 20.0. The molecular weight excluding hydrogens is 645 g/mol. The number of nitrogens with zero attached hydrogens (tertiary/aromatic N) is 4. The van der Waals surface area contributed by atoms with E-state index in [1.807, 2.05) is 36.5 Å². The second-order valence-corrected chi connectivity index (χ2v) is 13.8. The van der Waals surface area contributed by atoms with Gasteiger partial charge in [-0.05, 0) is 66.6 Å². The van der Waals surface area contributed by atoms with E-state index in [4.69, 9.17) is 19.4 Å². The van der Waals surface area contributed by atoms with Gasteiger partial charge >= 0.3 is 0 Å². The van der Waals surface area contributed by atoms with Crippen molar-refractivity contribution in [2.75, 3.05) is 0 Å². The number of furan rings is 1. The Balaban J connectivity index is 1.17. The molecule has 0 spiro atoms. The maximum atomic E-state index is 6.44. The lowest BCUT2D eigenvalue weighted by Crippen LogP contribution is -2.00. The summed E-state index contributed by atoms with van der Waals surface area (Å²) in [6.45, 7) is 2.09. The Labute approximate surface area is 297 Å². The van der Waals surface area contributed by atoms with E-state index in [2.05, 4.69) is 127 Å². The van der Waals surface area contributed by atoms with Gasteiger partial charge in [-0.1, -0.05) is 103 Å². The van der Waals surface area contributed by atoms with Crippen LogP contribution in [0.15, 0.2) is 156 Å². The van der Waals surface area contributed by atoms with Crippen LogP contribution in [0.3, 0.4) is 0 Å². The highest BCUT2D eigenvalue weighted by Gasteiger charge is 2.20. The Bertz CT molecular complexity index is 2930. The Morgan fingerprint density at radius 1 is 0.490 bits per heavy atom. The van der Waals surface area contributed by atoms with Gasteiger partial charge in [-0.25, -0.2) is 15.0 Å². The number of benzene rings is 6. The number of fused-ring (bicyclic) bond motifs is 6. The van der Waals surface area contributed by atoms with Crippen molar-refractivity contribution in [3.05, 3.63) is 157 Å². The van der Waals surface area contributed by atoms with E-state index in [0.29, 0.717) is 17.5 Å². The van der Waals surface area contributed by atoms with Gasteiger partial charge in [0, 0.05) is 59.4 Å². The number of thiophene rings is 1. The van der Waals surface area contributed by atoms with Crippen molar-refractivity contribution < 1.29 is 4.42 Å². The van der Waals surface area contributed by atoms with E-state index < -0.39 is 0 Å². The first-order valence-corrected chi connectivity index (χ1v) is 17.7. The predicted octanol–water partition coefficient (Wildman–Crippen LogP) is 12.2. The van der Waals surface area contributed by atoms with Crippen molar-refractivity contribution in [1.82, 2.24) is 19.9 Å². The monoisotopic (exact) mass is 672 g/mol. The van der Waals surface area contributed by atoms with Crippen LogP contribution in [-0.4, -0.2) is 19.9 Å². The van der Waals surface area contributed by atoms with Crippen LogP contribution in [-0.2, 0) is 0 Å². The van der Waals surface area contributed by atoms with Gasteiger partial charge in [-0.2, -0.15) is 0 Å². The summed E-state index contributed by atoms with van der Waals surface area (Å²) in [5.74, 6) is 1.88. The highest BCUT2D eigenvalue weighted by atomic mass is 32.1. The lowest BCUT2D eigenvalue weighted by molar-refractivity contribution is 0.669. The van der Waals surface area contributed by atoms with Crippen LogP contribution in [0.5, 0.6) is 0 Å². The molecule has 0 bridgehead atoms. The van der Waals surface area contributed by atoms with Crippen LogP contribution in [0.2, 0.25) is 0 Å². The molecular formula is C45H28N4OS. The lowest BCUT2D eigenvalue weighted by atomic mass is 9.99. The molecule has 4 aromatic heterocycles. The number of rotatable bonds is 5. The van der Waals surface area contributed by atoms with Crippen molar-refractivity contribution >= 4 is 53.4 Å². The first-order chi connectivity index (χ1) is 25.2. The highest BCUT2D eigenvalue weighted by molar-refractivity contribution is 7.26. The average molecular weight is 673 g/mol. The molecule has 4 heterocycles. The molecule has 0 radical (unpaired) electrons. The first kappa shape index (κ1) is 29.4. The SMILES string of the molecule is Cc1cccc(-c2nc(-c3cccc4c3sc3ccccc34)nc(-c3cccc4oc5ccc(-c6ccc(-c7ccccn7)cc6)cc5c34)n2)c1. The topological polar surface area (TPSA) is 64.7 Å². The minimum Gasteiger partial charge on any atom is -0.456 e. The lowest BCUT2D eigenvalue weighted by Gasteiger charge is -2.10. The summed E-state index contributed by atoms with van der Waals surface area (Å²) >= 11 is 1.77. The van der Waals surface area contributed by atoms with Crippen molar-refractivity contribution in [1.29, 1.82) is 0 Å². The third kappa shape index (κ3) is 5.07. The molecule has 5 nitrogen and oxygen atoms in total. The summed E-state index contributed by atoms with van der Waals surface area (Å²) in [6.07, 6.45) is 1.82. The first-order valence-electron chi connectivity index (χ1n) is 16.9.